The summed E-state index contributed by atoms with van der Waals surface area (Å²) < 4.78 is 10.4. The minimum Gasteiger partial charge on any atom is -0.465 e. The first kappa shape index (κ1) is 19.5. The molecule has 0 aromatic heterocycles. The van der Waals surface area contributed by atoms with Crippen LogP contribution >= 0.6 is 0 Å². The Hall–Kier alpha value is -1.58. The maximum Gasteiger partial charge on any atom is 0.324 e. The quantitative estimate of drug-likeness (QED) is 0.575. The smallest absolute Gasteiger partial charge is 0.324 e. The van der Waals surface area contributed by atoms with Crippen molar-refractivity contribution in [1.29, 1.82) is 0 Å². The Morgan fingerprint density at radius 1 is 1.13 bits per heavy atom. The normalized spacial score (nSPS) is 23.1. The topological polar surface area (TPSA) is 52.6 Å². The Morgan fingerprint density at radius 2 is 1.74 bits per heavy atom. The van der Waals surface area contributed by atoms with E-state index in [-0.39, 0.29) is 19.1 Å². The van der Waals surface area contributed by atoms with E-state index < -0.39 is 17.4 Å². The van der Waals surface area contributed by atoms with E-state index in [9.17, 15) is 9.59 Å². The Balaban J connectivity index is 0.00000127. The lowest BCUT2D eigenvalue weighted by Crippen LogP contribution is -2.45. The highest BCUT2D eigenvalue weighted by molar-refractivity contribution is 6.02. The van der Waals surface area contributed by atoms with E-state index in [0.717, 1.165) is 31.3 Å². The van der Waals surface area contributed by atoms with E-state index in [4.69, 9.17) is 9.47 Å². The van der Waals surface area contributed by atoms with Crippen molar-refractivity contribution in [2.75, 3.05) is 13.2 Å². The monoisotopic (exact) mass is 322 g/mol. The molecule has 0 amide bonds. The number of rotatable bonds is 4. The van der Waals surface area contributed by atoms with Gasteiger partial charge in [0, 0.05) is 5.92 Å². The van der Waals surface area contributed by atoms with Crippen LogP contribution in [0, 0.1) is 11.3 Å². The second-order valence-electron chi connectivity index (χ2n) is 5.62. The van der Waals surface area contributed by atoms with E-state index in [1.807, 2.05) is 19.9 Å². The van der Waals surface area contributed by atoms with Crippen molar-refractivity contribution in [2.24, 2.45) is 11.3 Å². The maximum absolute atomic E-state index is 12.6. The van der Waals surface area contributed by atoms with E-state index in [2.05, 4.69) is 12.2 Å². The van der Waals surface area contributed by atoms with Crippen LogP contribution in [0.3, 0.4) is 0 Å². The van der Waals surface area contributed by atoms with Gasteiger partial charge in [-0.3, -0.25) is 9.59 Å². The van der Waals surface area contributed by atoms with Crippen LogP contribution in [0.15, 0.2) is 23.8 Å². The lowest BCUT2D eigenvalue weighted by molar-refractivity contribution is -0.174. The fraction of sp³-hybridized carbons (Fsp3) is 0.684. The van der Waals surface area contributed by atoms with E-state index in [0.29, 0.717) is 6.42 Å². The summed E-state index contributed by atoms with van der Waals surface area (Å²) in [6, 6.07) is 0. The molecule has 0 saturated carbocycles. The molecular formula is C19H30O4. The van der Waals surface area contributed by atoms with Crippen LogP contribution in [0.5, 0.6) is 0 Å². The first-order chi connectivity index (χ1) is 11.1. The van der Waals surface area contributed by atoms with Crippen molar-refractivity contribution in [3.63, 3.8) is 0 Å². The molecule has 0 aromatic carbocycles. The zero-order valence-electron chi connectivity index (χ0n) is 14.9. The van der Waals surface area contributed by atoms with Crippen molar-refractivity contribution < 1.29 is 19.1 Å². The fourth-order valence-electron chi connectivity index (χ4n) is 3.27. The van der Waals surface area contributed by atoms with E-state index >= 15 is 0 Å². The number of fused-ring (bicyclic) bond motifs is 1. The molecule has 0 N–H and O–H groups in total. The molecule has 1 unspecified atom stereocenters. The van der Waals surface area contributed by atoms with Crippen molar-refractivity contribution in [3.05, 3.63) is 23.8 Å². The molecule has 130 valence electrons. The van der Waals surface area contributed by atoms with Crippen molar-refractivity contribution in [2.45, 2.75) is 59.8 Å². The Kier molecular flexibility index (Phi) is 8.07. The molecule has 4 nitrogen and oxygen atoms in total. The highest BCUT2D eigenvalue weighted by Crippen LogP contribution is 2.47. The van der Waals surface area contributed by atoms with Crippen LogP contribution in [0.1, 0.15) is 59.8 Å². The predicted octanol–water partition coefficient (Wildman–Crippen LogP) is 4.20. The Bertz CT molecular complexity index is 444. The van der Waals surface area contributed by atoms with Gasteiger partial charge in [0.05, 0.1) is 13.2 Å². The highest BCUT2D eigenvalue weighted by atomic mass is 16.6. The molecule has 0 aliphatic heterocycles. The van der Waals surface area contributed by atoms with Crippen LogP contribution in [0.25, 0.3) is 0 Å². The first-order valence-electron chi connectivity index (χ1n) is 8.86. The van der Waals surface area contributed by atoms with Gasteiger partial charge in [0.15, 0.2) is 5.41 Å². The van der Waals surface area contributed by atoms with Gasteiger partial charge >= 0.3 is 11.9 Å². The molecule has 0 aromatic rings. The fourth-order valence-corrected chi connectivity index (χ4v) is 3.27. The average molecular weight is 322 g/mol. The van der Waals surface area contributed by atoms with Crippen molar-refractivity contribution in [3.8, 4) is 0 Å². The summed E-state index contributed by atoms with van der Waals surface area (Å²) >= 11 is 0. The third-order valence-electron chi connectivity index (χ3n) is 4.28. The second-order valence-corrected chi connectivity index (χ2v) is 5.62. The summed E-state index contributed by atoms with van der Waals surface area (Å²) in [7, 11) is 0. The van der Waals surface area contributed by atoms with Crippen LogP contribution < -0.4 is 0 Å². The molecule has 2 aliphatic carbocycles. The largest absolute Gasteiger partial charge is 0.465 e. The molecule has 1 atom stereocenters. The summed E-state index contributed by atoms with van der Waals surface area (Å²) in [5.41, 5.74) is -0.133. The predicted molar refractivity (Wildman–Crippen MR) is 90.8 cm³/mol. The van der Waals surface area contributed by atoms with Gasteiger partial charge in [-0.1, -0.05) is 44.1 Å². The molecule has 2 rings (SSSR count). The number of hydrogen-bond donors (Lipinski definition) is 0. The summed E-state index contributed by atoms with van der Waals surface area (Å²) in [6.07, 6.45) is 10.6. The summed E-state index contributed by atoms with van der Waals surface area (Å²) in [4.78, 5) is 25.1. The minimum absolute atomic E-state index is 0.117. The van der Waals surface area contributed by atoms with Gasteiger partial charge in [0.2, 0.25) is 0 Å². The number of allylic oxidation sites excluding steroid dienone is 4. The van der Waals surface area contributed by atoms with Crippen LogP contribution in [0.2, 0.25) is 0 Å². The van der Waals surface area contributed by atoms with Gasteiger partial charge < -0.3 is 9.47 Å². The standard InChI is InChI=1S/C17H24O4.C2H6/c1-3-20-15(18)17(16(19)21-4-2)12-13-9-7-5-6-8-10-14(17)11-13;1-2/h7,9,11,14H,3-6,8,10,12H2,1-2H3;1-2H3/b9-7-;. The van der Waals surface area contributed by atoms with Gasteiger partial charge in [-0.25, -0.2) is 0 Å². The van der Waals surface area contributed by atoms with Crippen molar-refractivity contribution >= 4 is 11.9 Å². The lowest BCUT2D eigenvalue weighted by atomic mass is 9.74. The van der Waals surface area contributed by atoms with Gasteiger partial charge in [0.25, 0.3) is 0 Å². The van der Waals surface area contributed by atoms with E-state index in [1.165, 1.54) is 0 Å². The SMILES string of the molecule is CC.CCOC(=O)C1(C(=O)OCC)CC2=CC1CCCC/C=C\2. The lowest BCUT2D eigenvalue weighted by Gasteiger charge is -2.31. The number of carbonyl (C=O) groups is 2. The van der Waals surface area contributed by atoms with Gasteiger partial charge in [-0.2, -0.15) is 0 Å². The molecule has 0 fully saturated rings. The zero-order chi connectivity index (χ0) is 17.3. The van der Waals surface area contributed by atoms with Crippen LogP contribution in [-0.4, -0.2) is 25.2 Å². The molecule has 0 spiro atoms. The zero-order valence-corrected chi connectivity index (χ0v) is 14.9. The Morgan fingerprint density at radius 3 is 2.30 bits per heavy atom. The van der Waals surface area contributed by atoms with Gasteiger partial charge in [0.1, 0.15) is 0 Å². The third kappa shape index (κ3) is 4.24. The van der Waals surface area contributed by atoms with Crippen LogP contribution in [0.4, 0.5) is 0 Å². The summed E-state index contributed by atoms with van der Waals surface area (Å²) in [6.45, 7) is 8.08. The van der Waals surface area contributed by atoms with Gasteiger partial charge in [-0.05, 0) is 39.5 Å². The van der Waals surface area contributed by atoms with Crippen LogP contribution in [-0.2, 0) is 19.1 Å². The molecule has 0 saturated heterocycles. The summed E-state index contributed by atoms with van der Waals surface area (Å²) in [5, 5.41) is 0. The van der Waals surface area contributed by atoms with Crippen molar-refractivity contribution in [1.82, 2.24) is 0 Å². The molecule has 2 aliphatic rings. The average Bonchev–Trinajstić information content (AvgIpc) is 2.98. The molecular weight excluding hydrogens is 292 g/mol. The minimum atomic E-state index is -1.18. The third-order valence-corrected chi connectivity index (χ3v) is 4.28. The molecule has 23 heavy (non-hydrogen) atoms. The number of ether oxygens (including phenoxy) is 2. The maximum atomic E-state index is 12.6. The number of carbonyl (C=O) groups excluding carboxylic acids is 2. The summed E-state index contributed by atoms with van der Waals surface area (Å²) in [5.74, 6) is -0.990. The Labute approximate surface area is 139 Å². The first-order valence-corrected chi connectivity index (χ1v) is 8.86. The molecule has 0 heterocycles. The molecule has 2 bridgehead atoms. The van der Waals surface area contributed by atoms with E-state index in [1.54, 1.807) is 13.8 Å². The molecule has 4 heteroatoms. The second kappa shape index (κ2) is 9.53. The van der Waals surface area contributed by atoms with Gasteiger partial charge in [-0.15, -0.1) is 0 Å². The number of hydrogen-bond acceptors (Lipinski definition) is 4. The highest BCUT2D eigenvalue weighted by Gasteiger charge is 2.56. The number of esters is 2. The molecule has 0 radical (unpaired) electrons.